The van der Waals surface area contributed by atoms with Gasteiger partial charge in [-0.15, -0.1) is 11.3 Å². The number of pyridine rings is 1. The van der Waals surface area contributed by atoms with E-state index in [1.807, 2.05) is 60.7 Å². The highest BCUT2D eigenvalue weighted by atomic mass is 35.5. The molecule has 3 N–H and O–H groups in total. The number of rotatable bonds is 5. The van der Waals surface area contributed by atoms with Gasteiger partial charge in [0.1, 0.15) is 15.5 Å². The summed E-state index contributed by atoms with van der Waals surface area (Å²) in [5, 5.41) is 4.35. The van der Waals surface area contributed by atoms with E-state index in [9.17, 15) is 4.79 Å². The van der Waals surface area contributed by atoms with Gasteiger partial charge in [-0.3, -0.25) is 4.79 Å². The maximum Gasteiger partial charge on any atom is 0.267 e. The van der Waals surface area contributed by atoms with Gasteiger partial charge in [0.05, 0.1) is 28.5 Å². The molecule has 0 saturated carbocycles. The van der Waals surface area contributed by atoms with Gasteiger partial charge in [0.2, 0.25) is 0 Å². The van der Waals surface area contributed by atoms with E-state index in [1.165, 1.54) is 11.3 Å². The summed E-state index contributed by atoms with van der Waals surface area (Å²) < 4.78 is 5.31. The quantitative estimate of drug-likeness (QED) is 0.248. The van der Waals surface area contributed by atoms with Crippen LogP contribution in [0, 0.1) is 0 Å². The van der Waals surface area contributed by atoms with Crippen molar-refractivity contribution in [1.29, 1.82) is 0 Å². The number of hydrogen-bond donors (Lipinski definition) is 2. The molecule has 0 radical (unpaired) electrons. The zero-order valence-electron chi connectivity index (χ0n) is 18.5. The first-order chi connectivity index (χ1) is 16.9. The molecule has 0 fully saturated rings. The largest absolute Gasteiger partial charge is 0.497 e. The molecule has 0 aliphatic rings. The van der Waals surface area contributed by atoms with Gasteiger partial charge in [0, 0.05) is 16.6 Å². The Bertz CT molecular complexity index is 1550. The highest BCUT2D eigenvalue weighted by Crippen LogP contribution is 2.42. The number of nitrogens with one attached hydrogen (secondary N) is 1. The van der Waals surface area contributed by atoms with Crippen LogP contribution in [-0.2, 0) is 0 Å². The van der Waals surface area contributed by atoms with Crippen LogP contribution in [0.5, 0.6) is 5.75 Å². The zero-order chi connectivity index (χ0) is 24.5. The Morgan fingerprint density at radius 2 is 1.69 bits per heavy atom. The Hall–Kier alpha value is -3.58. The molecule has 0 aliphatic carbocycles. The number of thiophene rings is 1. The molecule has 3 aromatic carbocycles. The fourth-order valence-electron chi connectivity index (χ4n) is 3.81. The fraction of sp³-hybridized carbons (Fsp3) is 0.0370. The van der Waals surface area contributed by atoms with Crippen LogP contribution in [0.25, 0.3) is 32.6 Å². The van der Waals surface area contributed by atoms with E-state index in [4.69, 9.17) is 38.7 Å². The van der Waals surface area contributed by atoms with Crippen LogP contribution in [0.15, 0.2) is 78.9 Å². The summed E-state index contributed by atoms with van der Waals surface area (Å²) in [4.78, 5) is 19.1. The second kappa shape index (κ2) is 9.58. The van der Waals surface area contributed by atoms with Crippen molar-refractivity contribution in [2.24, 2.45) is 0 Å². The van der Waals surface area contributed by atoms with Crippen molar-refractivity contribution in [2.75, 3.05) is 18.2 Å². The van der Waals surface area contributed by atoms with Gasteiger partial charge in [-0.05, 0) is 47.5 Å². The molecule has 5 rings (SSSR count). The summed E-state index contributed by atoms with van der Waals surface area (Å²) in [7, 11) is 1.63. The fourth-order valence-corrected chi connectivity index (χ4v) is 5.12. The minimum Gasteiger partial charge on any atom is -0.497 e. The number of nitrogens with two attached hydrogens (primary N) is 1. The molecule has 0 saturated heterocycles. The Morgan fingerprint density at radius 3 is 2.37 bits per heavy atom. The number of ether oxygens (including phenoxy) is 1. The van der Waals surface area contributed by atoms with Crippen molar-refractivity contribution >= 4 is 62.0 Å². The van der Waals surface area contributed by atoms with Crippen LogP contribution in [0.4, 0.5) is 11.4 Å². The Labute approximate surface area is 216 Å². The van der Waals surface area contributed by atoms with E-state index in [0.29, 0.717) is 31.1 Å². The minimum atomic E-state index is -0.342. The lowest BCUT2D eigenvalue weighted by atomic mass is 9.99. The predicted octanol–water partition coefficient (Wildman–Crippen LogP) is 7.78. The maximum absolute atomic E-state index is 13.2. The average Bonchev–Trinajstić information content (AvgIpc) is 3.23. The molecule has 2 heterocycles. The van der Waals surface area contributed by atoms with Crippen molar-refractivity contribution in [2.45, 2.75) is 0 Å². The van der Waals surface area contributed by atoms with Gasteiger partial charge in [-0.2, -0.15) is 0 Å². The number of anilines is 2. The van der Waals surface area contributed by atoms with Gasteiger partial charge < -0.3 is 15.8 Å². The predicted molar refractivity (Wildman–Crippen MR) is 146 cm³/mol. The molecule has 1 amide bonds. The van der Waals surface area contributed by atoms with Crippen LogP contribution >= 0.6 is 34.5 Å². The van der Waals surface area contributed by atoms with Gasteiger partial charge in [-0.25, -0.2) is 4.98 Å². The monoisotopic (exact) mass is 519 g/mol. The smallest absolute Gasteiger partial charge is 0.267 e. The van der Waals surface area contributed by atoms with Gasteiger partial charge in [0.15, 0.2) is 0 Å². The highest BCUT2D eigenvalue weighted by molar-refractivity contribution is 7.21. The average molecular weight is 520 g/mol. The third kappa shape index (κ3) is 4.56. The SMILES string of the molecule is COc1ccc(-c2cc(-c3ccccc3)nc3sc(C(=O)Nc4ccc(Cl)c(Cl)c4)c(N)c23)cc1. The van der Waals surface area contributed by atoms with E-state index >= 15 is 0 Å². The first kappa shape index (κ1) is 23.2. The summed E-state index contributed by atoms with van der Waals surface area (Å²) in [5.41, 5.74) is 11.1. The summed E-state index contributed by atoms with van der Waals surface area (Å²) >= 11 is 13.3. The molecule has 0 spiro atoms. The number of carbonyl (C=O) groups is 1. The molecular formula is C27H19Cl2N3O2S. The molecule has 35 heavy (non-hydrogen) atoms. The molecule has 0 unspecified atom stereocenters. The zero-order valence-corrected chi connectivity index (χ0v) is 20.8. The number of nitrogens with zero attached hydrogens (tertiary/aromatic N) is 1. The van der Waals surface area contributed by atoms with Crippen molar-refractivity contribution < 1.29 is 9.53 Å². The van der Waals surface area contributed by atoms with Crippen LogP contribution in [0.1, 0.15) is 9.67 Å². The van der Waals surface area contributed by atoms with Gasteiger partial charge >= 0.3 is 0 Å². The molecule has 2 aromatic heterocycles. The molecule has 8 heteroatoms. The number of amides is 1. The number of methoxy groups -OCH3 is 1. The van der Waals surface area contributed by atoms with E-state index in [1.54, 1.807) is 25.3 Å². The lowest BCUT2D eigenvalue weighted by molar-refractivity contribution is 0.103. The number of halogens is 2. The lowest BCUT2D eigenvalue weighted by Crippen LogP contribution is -2.11. The second-order valence-electron chi connectivity index (χ2n) is 7.76. The number of hydrogen-bond acceptors (Lipinski definition) is 5. The summed E-state index contributed by atoms with van der Waals surface area (Å²) in [6, 6.07) is 24.5. The number of nitrogen functional groups attached to an aromatic ring is 1. The van der Waals surface area contributed by atoms with E-state index in [2.05, 4.69) is 5.32 Å². The van der Waals surface area contributed by atoms with Crippen LogP contribution in [-0.4, -0.2) is 18.0 Å². The third-order valence-corrected chi connectivity index (χ3v) is 7.39. The van der Waals surface area contributed by atoms with Crippen LogP contribution < -0.4 is 15.8 Å². The molecule has 5 nitrogen and oxygen atoms in total. The minimum absolute atomic E-state index is 0.342. The number of aromatic nitrogens is 1. The van der Waals surface area contributed by atoms with Crippen molar-refractivity contribution in [3.8, 4) is 28.1 Å². The number of fused-ring (bicyclic) bond motifs is 1. The topological polar surface area (TPSA) is 77.2 Å². The normalized spacial score (nSPS) is 10.9. The number of benzene rings is 3. The molecule has 0 atom stereocenters. The molecule has 0 bridgehead atoms. The highest BCUT2D eigenvalue weighted by Gasteiger charge is 2.22. The summed E-state index contributed by atoms with van der Waals surface area (Å²) in [5.74, 6) is 0.410. The Balaban J connectivity index is 1.65. The molecular weight excluding hydrogens is 501 g/mol. The third-order valence-electron chi connectivity index (χ3n) is 5.55. The van der Waals surface area contributed by atoms with Crippen LogP contribution in [0.3, 0.4) is 0 Å². The maximum atomic E-state index is 13.2. The van der Waals surface area contributed by atoms with E-state index in [-0.39, 0.29) is 5.91 Å². The van der Waals surface area contributed by atoms with Crippen molar-refractivity contribution in [3.05, 3.63) is 93.8 Å². The Kier molecular flexibility index (Phi) is 6.34. The summed E-state index contributed by atoms with van der Waals surface area (Å²) in [6.45, 7) is 0. The van der Waals surface area contributed by atoms with Crippen LogP contribution in [0.2, 0.25) is 10.0 Å². The number of carbonyl (C=O) groups excluding carboxylic acids is 1. The first-order valence-corrected chi connectivity index (χ1v) is 12.2. The standard InChI is InChI=1S/C27H19Cl2N3O2S/c1-34-18-10-7-15(8-11-18)19-14-22(16-5-3-2-4-6-16)32-27-23(19)24(30)25(35-27)26(33)31-17-9-12-20(28)21(29)13-17/h2-14H,30H2,1H3,(H,31,33). The lowest BCUT2D eigenvalue weighted by Gasteiger charge is -2.10. The van der Waals surface area contributed by atoms with Crippen molar-refractivity contribution in [3.63, 3.8) is 0 Å². The first-order valence-electron chi connectivity index (χ1n) is 10.6. The second-order valence-corrected chi connectivity index (χ2v) is 9.57. The van der Waals surface area contributed by atoms with E-state index in [0.717, 1.165) is 33.5 Å². The molecule has 0 aliphatic heterocycles. The molecule has 5 aromatic rings. The van der Waals surface area contributed by atoms with E-state index < -0.39 is 0 Å². The summed E-state index contributed by atoms with van der Waals surface area (Å²) in [6.07, 6.45) is 0. The van der Waals surface area contributed by atoms with Gasteiger partial charge in [-0.1, -0.05) is 65.7 Å². The van der Waals surface area contributed by atoms with Gasteiger partial charge in [0.25, 0.3) is 5.91 Å². The Morgan fingerprint density at radius 1 is 0.943 bits per heavy atom. The molecule has 174 valence electrons. The van der Waals surface area contributed by atoms with Crippen molar-refractivity contribution in [1.82, 2.24) is 4.98 Å².